The third kappa shape index (κ3) is 4.81. The predicted molar refractivity (Wildman–Crippen MR) is 98.2 cm³/mol. The summed E-state index contributed by atoms with van der Waals surface area (Å²) in [7, 11) is 1.53. The average Bonchev–Trinajstić information content (AvgIpc) is 2.98. The summed E-state index contributed by atoms with van der Waals surface area (Å²) in [5.41, 5.74) is 1.43. The number of benzene rings is 1. The van der Waals surface area contributed by atoms with Crippen LogP contribution in [0.5, 0.6) is 5.75 Å². The third-order valence-corrected chi connectivity index (χ3v) is 4.98. The number of amides is 1. The van der Waals surface area contributed by atoms with Gasteiger partial charge in [-0.15, -0.1) is 10.2 Å². The summed E-state index contributed by atoms with van der Waals surface area (Å²) in [4.78, 5) is 12.4. The number of hydrogen-bond acceptors (Lipinski definition) is 7. The van der Waals surface area contributed by atoms with Crippen LogP contribution in [0.4, 0.5) is 5.69 Å². The van der Waals surface area contributed by atoms with Crippen molar-refractivity contribution in [1.29, 1.82) is 0 Å². The maximum atomic E-state index is 12.4. The Balaban J connectivity index is 2.04. The van der Waals surface area contributed by atoms with Gasteiger partial charge < -0.3 is 14.5 Å². The number of halogens is 1. The molecule has 0 bridgehead atoms. The van der Waals surface area contributed by atoms with E-state index in [-0.39, 0.29) is 5.91 Å². The van der Waals surface area contributed by atoms with Gasteiger partial charge >= 0.3 is 0 Å². The van der Waals surface area contributed by atoms with Crippen molar-refractivity contribution >= 4 is 46.7 Å². The molecule has 0 aliphatic carbocycles. The fourth-order valence-electron chi connectivity index (χ4n) is 1.84. The number of nitrogens with zero attached hydrogens (tertiary/aromatic N) is 2. The zero-order valence-corrected chi connectivity index (χ0v) is 16.1. The highest BCUT2D eigenvalue weighted by molar-refractivity contribution is 8.00. The Morgan fingerprint density at radius 1 is 1.46 bits per heavy atom. The molecule has 0 aliphatic rings. The molecule has 0 spiro atoms. The van der Waals surface area contributed by atoms with Gasteiger partial charge in [0.05, 0.1) is 23.8 Å². The molecule has 24 heavy (non-hydrogen) atoms. The molecule has 0 unspecified atom stereocenters. The minimum Gasteiger partial charge on any atom is -0.495 e. The lowest BCUT2D eigenvalue weighted by molar-refractivity contribution is -0.115. The molecule has 1 aromatic carbocycles. The smallest absolute Gasteiger partial charge is 0.277 e. The highest BCUT2D eigenvalue weighted by Crippen LogP contribution is 2.32. The monoisotopic (exact) mass is 387 g/mol. The van der Waals surface area contributed by atoms with Crippen LogP contribution in [0.15, 0.2) is 21.8 Å². The molecule has 1 aromatic heterocycles. The summed E-state index contributed by atoms with van der Waals surface area (Å²) in [5, 5.41) is 11.3. The molecule has 2 aromatic rings. The third-order valence-electron chi connectivity index (χ3n) is 3.10. The highest BCUT2D eigenvalue weighted by atomic mass is 35.5. The Bertz CT molecular complexity index is 724. The maximum absolute atomic E-state index is 12.4. The largest absolute Gasteiger partial charge is 0.495 e. The number of aromatic nitrogens is 2. The average molecular weight is 388 g/mol. The molecule has 130 valence electrons. The van der Waals surface area contributed by atoms with Crippen LogP contribution in [0.2, 0.25) is 5.02 Å². The molecule has 0 radical (unpaired) electrons. The first-order chi connectivity index (χ1) is 11.4. The van der Waals surface area contributed by atoms with Crippen molar-refractivity contribution in [2.75, 3.05) is 18.7 Å². The Kier molecular flexibility index (Phi) is 6.82. The topological polar surface area (TPSA) is 77.2 Å². The van der Waals surface area contributed by atoms with Crippen LogP contribution in [0.25, 0.3) is 0 Å². The van der Waals surface area contributed by atoms with E-state index in [0.717, 1.165) is 5.56 Å². The standard InChI is InChI=1S/C15H18ClN3O3S2/c1-8-5-11(12(21-3)6-10(8)16)17-14(20)9(2)24-15-19-18-13(22-15)7-23-4/h5-6,9H,7H2,1-4H3,(H,17,20)/t9-/m0/s1. The summed E-state index contributed by atoms with van der Waals surface area (Å²) in [5.74, 6) is 1.52. The van der Waals surface area contributed by atoms with E-state index in [0.29, 0.717) is 33.3 Å². The minimum absolute atomic E-state index is 0.190. The Labute approximate surface area is 154 Å². The quantitative estimate of drug-likeness (QED) is 0.718. The molecule has 6 nitrogen and oxygen atoms in total. The summed E-state index contributed by atoms with van der Waals surface area (Å²) in [6.45, 7) is 3.63. The van der Waals surface area contributed by atoms with Gasteiger partial charge in [0, 0.05) is 11.1 Å². The number of nitrogens with one attached hydrogen (secondary N) is 1. The van der Waals surface area contributed by atoms with Crippen molar-refractivity contribution in [3.63, 3.8) is 0 Å². The van der Waals surface area contributed by atoms with Crippen LogP contribution in [-0.4, -0.2) is 34.7 Å². The first-order valence-corrected chi connectivity index (χ1v) is 9.72. The van der Waals surface area contributed by atoms with Gasteiger partial charge in [0.25, 0.3) is 5.22 Å². The SMILES string of the molecule is COc1cc(Cl)c(C)cc1NC(=O)[C@H](C)Sc1nnc(CSC)o1. The molecule has 0 aliphatic heterocycles. The Hall–Kier alpha value is -1.38. The van der Waals surface area contributed by atoms with E-state index in [2.05, 4.69) is 15.5 Å². The van der Waals surface area contributed by atoms with Gasteiger partial charge in [0.2, 0.25) is 11.8 Å². The Morgan fingerprint density at radius 3 is 2.88 bits per heavy atom. The van der Waals surface area contributed by atoms with Gasteiger partial charge in [0.15, 0.2) is 0 Å². The van der Waals surface area contributed by atoms with E-state index in [9.17, 15) is 4.79 Å². The number of anilines is 1. The van der Waals surface area contributed by atoms with E-state index in [1.54, 1.807) is 30.8 Å². The van der Waals surface area contributed by atoms with Crippen LogP contribution >= 0.6 is 35.1 Å². The normalized spacial score (nSPS) is 12.0. The minimum atomic E-state index is -0.409. The molecule has 9 heteroatoms. The number of thioether (sulfide) groups is 2. The first-order valence-electron chi connectivity index (χ1n) is 7.07. The zero-order chi connectivity index (χ0) is 17.7. The predicted octanol–water partition coefficient (Wildman–Crippen LogP) is 4.02. The maximum Gasteiger partial charge on any atom is 0.277 e. The first kappa shape index (κ1) is 19.0. The second-order valence-corrected chi connectivity index (χ2v) is 7.51. The van der Waals surface area contributed by atoms with Crippen molar-refractivity contribution in [2.24, 2.45) is 0 Å². The van der Waals surface area contributed by atoms with Crippen molar-refractivity contribution in [3.8, 4) is 5.75 Å². The van der Waals surface area contributed by atoms with Crippen molar-refractivity contribution < 1.29 is 13.9 Å². The number of ether oxygens (including phenoxy) is 1. The molecule has 1 atom stereocenters. The molecule has 0 saturated carbocycles. The number of aryl methyl sites for hydroxylation is 1. The second kappa shape index (κ2) is 8.64. The number of rotatable bonds is 7. The number of carbonyl (C=O) groups is 1. The molecule has 0 fully saturated rings. The van der Waals surface area contributed by atoms with Crippen LogP contribution < -0.4 is 10.1 Å². The lowest BCUT2D eigenvalue weighted by Crippen LogP contribution is -2.22. The van der Waals surface area contributed by atoms with Crippen LogP contribution in [0.3, 0.4) is 0 Å². The fraction of sp³-hybridized carbons (Fsp3) is 0.400. The number of methoxy groups -OCH3 is 1. The number of carbonyl (C=O) groups excluding carboxylic acids is 1. The molecule has 2 rings (SSSR count). The van der Waals surface area contributed by atoms with Crippen molar-refractivity contribution in [1.82, 2.24) is 10.2 Å². The van der Waals surface area contributed by atoms with Gasteiger partial charge in [-0.3, -0.25) is 4.79 Å². The van der Waals surface area contributed by atoms with Crippen molar-refractivity contribution in [2.45, 2.75) is 30.1 Å². The van der Waals surface area contributed by atoms with E-state index >= 15 is 0 Å². The molecule has 0 saturated heterocycles. The molecule has 1 heterocycles. The molecular formula is C15H18ClN3O3S2. The van der Waals surface area contributed by atoms with E-state index in [1.807, 2.05) is 13.2 Å². The summed E-state index contributed by atoms with van der Waals surface area (Å²) in [6, 6.07) is 3.46. The molecule has 1 amide bonds. The van der Waals surface area contributed by atoms with E-state index in [4.69, 9.17) is 20.8 Å². The van der Waals surface area contributed by atoms with Crippen molar-refractivity contribution in [3.05, 3.63) is 28.6 Å². The van der Waals surface area contributed by atoms with Crippen LogP contribution in [0, 0.1) is 6.92 Å². The summed E-state index contributed by atoms with van der Waals surface area (Å²) >= 11 is 8.87. The van der Waals surface area contributed by atoms with Gasteiger partial charge in [0.1, 0.15) is 5.75 Å². The summed E-state index contributed by atoms with van der Waals surface area (Å²) < 4.78 is 10.7. The lowest BCUT2D eigenvalue weighted by Gasteiger charge is -2.14. The molecular weight excluding hydrogens is 370 g/mol. The lowest BCUT2D eigenvalue weighted by atomic mass is 10.2. The van der Waals surface area contributed by atoms with E-state index in [1.165, 1.54) is 18.9 Å². The van der Waals surface area contributed by atoms with Gasteiger partial charge in [-0.1, -0.05) is 23.4 Å². The number of hydrogen-bond donors (Lipinski definition) is 1. The van der Waals surface area contributed by atoms with Crippen LogP contribution in [0.1, 0.15) is 18.4 Å². The Morgan fingerprint density at radius 2 is 2.21 bits per heavy atom. The van der Waals surface area contributed by atoms with Gasteiger partial charge in [-0.25, -0.2) is 0 Å². The second-order valence-electron chi connectivity index (χ2n) is 4.95. The van der Waals surface area contributed by atoms with Crippen LogP contribution in [-0.2, 0) is 10.5 Å². The zero-order valence-electron chi connectivity index (χ0n) is 13.8. The summed E-state index contributed by atoms with van der Waals surface area (Å²) in [6.07, 6.45) is 1.95. The van der Waals surface area contributed by atoms with Gasteiger partial charge in [-0.2, -0.15) is 11.8 Å². The van der Waals surface area contributed by atoms with Gasteiger partial charge in [-0.05, 0) is 31.7 Å². The highest BCUT2D eigenvalue weighted by Gasteiger charge is 2.20. The fourth-order valence-corrected chi connectivity index (χ4v) is 3.05. The van der Waals surface area contributed by atoms with E-state index < -0.39 is 5.25 Å². The molecule has 1 N–H and O–H groups in total.